The standard InChI is InChI=1S/C10H16N2/c1-12(2)10-5-3-9(4-6-10)7-8-11/h3-6H,7-8,11H2,1-2H3/p+1. The van der Waals surface area contributed by atoms with Gasteiger partial charge in [0.1, 0.15) is 0 Å². The van der Waals surface area contributed by atoms with E-state index in [1.54, 1.807) is 0 Å². The lowest BCUT2D eigenvalue weighted by molar-refractivity contribution is -0.366. The van der Waals surface area contributed by atoms with Gasteiger partial charge in [0.05, 0.1) is 6.54 Å². The fourth-order valence-corrected chi connectivity index (χ4v) is 1.16. The van der Waals surface area contributed by atoms with Crippen LogP contribution in [0.25, 0.3) is 0 Å². The van der Waals surface area contributed by atoms with Crippen molar-refractivity contribution >= 4 is 5.69 Å². The first-order chi connectivity index (χ1) is 5.74. The first kappa shape index (κ1) is 9.07. The van der Waals surface area contributed by atoms with Gasteiger partial charge in [-0.1, -0.05) is 12.1 Å². The minimum absolute atomic E-state index is 0.974. The number of hydrogen-bond acceptors (Lipinski definition) is 1. The first-order valence-corrected chi connectivity index (χ1v) is 4.29. The maximum atomic E-state index is 3.83. The van der Waals surface area contributed by atoms with Gasteiger partial charge in [-0.15, -0.1) is 0 Å². The van der Waals surface area contributed by atoms with Crippen LogP contribution in [0.1, 0.15) is 5.56 Å². The third-order valence-corrected chi connectivity index (χ3v) is 1.92. The van der Waals surface area contributed by atoms with E-state index in [9.17, 15) is 0 Å². The van der Waals surface area contributed by atoms with Gasteiger partial charge in [0.2, 0.25) is 0 Å². The molecule has 0 fully saturated rings. The van der Waals surface area contributed by atoms with Crippen molar-refractivity contribution in [2.24, 2.45) is 0 Å². The Morgan fingerprint density at radius 3 is 2.17 bits per heavy atom. The molecule has 0 heterocycles. The minimum atomic E-state index is 0.974. The maximum absolute atomic E-state index is 3.83. The zero-order chi connectivity index (χ0) is 8.97. The fraction of sp³-hybridized carbons (Fsp3) is 0.400. The Labute approximate surface area is 74.0 Å². The Morgan fingerprint density at radius 2 is 1.75 bits per heavy atom. The highest BCUT2D eigenvalue weighted by atomic mass is 15.1. The number of rotatable bonds is 3. The van der Waals surface area contributed by atoms with Gasteiger partial charge in [-0.2, -0.15) is 0 Å². The van der Waals surface area contributed by atoms with Crippen LogP contribution in [0.5, 0.6) is 0 Å². The van der Waals surface area contributed by atoms with Crippen LogP contribution in [0.4, 0.5) is 5.69 Å². The van der Waals surface area contributed by atoms with Gasteiger partial charge in [0, 0.05) is 26.2 Å². The lowest BCUT2D eigenvalue weighted by atomic mass is 10.1. The van der Waals surface area contributed by atoms with E-state index >= 15 is 0 Å². The van der Waals surface area contributed by atoms with E-state index in [2.05, 4.69) is 49.0 Å². The molecule has 0 bridgehead atoms. The molecule has 0 saturated carbocycles. The predicted molar refractivity (Wildman–Crippen MR) is 52.2 cm³/mol. The number of benzene rings is 1. The summed E-state index contributed by atoms with van der Waals surface area (Å²) < 4.78 is 0. The second-order valence-electron chi connectivity index (χ2n) is 3.16. The number of nitrogens with zero attached hydrogens (tertiary/aromatic N) is 1. The molecule has 2 nitrogen and oxygen atoms in total. The third-order valence-electron chi connectivity index (χ3n) is 1.92. The summed E-state index contributed by atoms with van der Waals surface area (Å²) in [7, 11) is 4.10. The summed E-state index contributed by atoms with van der Waals surface area (Å²) in [6.45, 7) is 0.974. The van der Waals surface area contributed by atoms with Gasteiger partial charge in [-0.3, -0.25) is 0 Å². The van der Waals surface area contributed by atoms with Crippen LogP contribution in [0.2, 0.25) is 0 Å². The van der Waals surface area contributed by atoms with Crippen molar-refractivity contribution in [2.45, 2.75) is 6.42 Å². The lowest BCUT2D eigenvalue weighted by Gasteiger charge is -2.12. The topological polar surface area (TPSA) is 30.9 Å². The zero-order valence-electron chi connectivity index (χ0n) is 7.88. The van der Waals surface area contributed by atoms with Crippen LogP contribution in [0.15, 0.2) is 24.3 Å². The van der Waals surface area contributed by atoms with Crippen molar-refractivity contribution in [3.8, 4) is 0 Å². The quantitative estimate of drug-likeness (QED) is 0.696. The molecule has 0 aliphatic heterocycles. The van der Waals surface area contributed by atoms with Crippen LogP contribution in [-0.4, -0.2) is 20.6 Å². The van der Waals surface area contributed by atoms with Gasteiger partial charge in [0.25, 0.3) is 0 Å². The van der Waals surface area contributed by atoms with Crippen molar-refractivity contribution in [3.63, 3.8) is 0 Å². The van der Waals surface area contributed by atoms with E-state index in [1.165, 1.54) is 11.3 Å². The van der Waals surface area contributed by atoms with Crippen molar-refractivity contribution in [3.05, 3.63) is 29.8 Å². The van der Waals surface area contributed by atoms with E-state index in [0.717, 1.165) is 13.0 Å². The van der Waals surface area contributed by atoms with Crippen LogP contribution < -0.4 is 10.6 Å². The van der Waals surface area contributed by atoms with Gasteiger partial charge in [-0.25, -0.2) is 0 Å². The largest absolute Gasteiger partial charge is 0.378 e. The summed E-state index contributed by atoms with van der Waals surface area (Å²) in [5, 5.41) is 0. The van der Waals surface area contributed by atoms with Gasteiger partial charge in [0.15, 0.2) is 0 Å². The Hall–Kier alpha value is -1.02. The molecule has 1 aromatic rings. The molecule has 0 unspecified atom stereocenters. The Balaban J connectivity index is 2.71. The summed E-state index contributed by atoms with van der Waals surface area (Å²) in [5.41, 5.74) is 6.45. The van der Waals surface area contributed by atoms with E-state index in [4.69, 9.17) is 0 Å². The predicted octanol–water partition coefficient (Wildman–Crippen LogP) is 0.537. The molecular weight excluding hydrogens is 148 g/mol. The molecule has 1 rings (SSSR count). The maximum Gasteiger partial charge on any atom is 0.0780 e. The second kappa shape index (κ2) is 4.12. The number of anilines is 1. The molecule has 66 valence electrons. The van der Waals surface area contributed by atoms with Crippen molar-refractivity contribution in [1.29, 1.82) is 0 Å². The van der Waals surface area contributed by atoms with E-state index in [-0.39, 0.29) is 0 Å². The zero-order valence-corrected chi connectivity index (χ0v) is 7.88. The van der Waals surface area contributed by atoms with Gasteiger partial charge in [-0.05, 0) is 17.7 Å². The summed E-state index contributed by atoms with van der Waals surface area (Å²) in [6, 6.07) is 8.62. The first-order valence-electron chi connectivity index (χ1n) is 4.29. The molecule has 0 radical (unpaired) electrons. The Bertz CT molecular complexity index is 226. The lowest BCUT2D eigenvalue weighted by Crippen LogP contribution is -2.51. The molecule has 0 aliphatic rings. The molecule has 12 heavy (non-hydrogen) atoms. The molecule has 2 heteroatoms. The van der Waals surface area contributed by atoms with Gasteiger partial charge >= 0.3 is 0 Å². The summed E-state index contributed by atoms with van der Waals surface area (Å²) in [6.07, 6.45) is 1.08. The number of hydrogen-bond donors (Lipinski definition) is 1. The second-order valence-corrected chi connectivity index (χ2v) is 3.16. The van der Waals surface area contributed by atoms with E-state index in [1.807, 2.05) is 0 Å². The van der Waals surface area contributed by atoms with E-state index in [0.29, 0.717) is 0 Å². The smallest absolute Gasteiger partial charge is 0.0780 e. The van der Waals surface area contributed by atoms with Crippen molar-refractivity contribution < 1.29 is 5.73 Å². The highest BCUT2D eigenvalue weighted by molar-refractivity contribution is 5.45. The van der Waals surface area contributed by atoms with Crippen molar-refractivity contribution in [1.82, 2.24) is 0 Å². The Morgan fingerprint density at radius 1 is 1.17 bits per heavy atom. The average Bonchev–Trinajstić information content (AvgIpc) is 2.06. The minimum Gasteiger partial charge on any atom is -0.378 e. The molecule has 0 aliphatic carbocycles. The summed E-state index contributed by atoms with van der Waals surface area (Å²) >= 11 is 0. The van der Waals surface area contributed by atoms with Crippen LogP contribution >= 0.6 is 0 Å². The SMILES string of the molecule is CN(C)c1ccc(CC[NH3+])cc1. The molecule has 3 N–H and O–H groups in total. The molecule has 0 amide bonds. The van der Waals surface area contributed by atoms with E-state index < -0.39 is 0 Å². The Kier molecular flexibility index (Phi) is 3.11. The molecule has 0 atom stereocenters. The normalized spacial score (nSPS) is 9.92. The van der Waals surface area contributed by atoms with Gasteiger partial charge < -0.3 is 10.6 Å². The highest BCUT2D eigenvalue weighted by Crippen LogP contribution is 2.11. The van der Waals surface area contributed by atoms with Crippen molar-refractivity contribution in [2.75, 3.05) is 25.5 Å². The van der Waals surface area contributed by atoms with Crippen LogP contribution in [0, 0.1) is 0 Å². The number of quaternary nitrogens is 1. The third kappa shape index (κ3) is 2.24. The molecule has 1 aromatic carbocycles. The monoisotopic (exact) mass is 165 g/mol. The summed E-state index contributed by atoms with van der Waals surface area (Å²) in [5.74, 6) is 0. The molecule has 0 saturated heterocycles. The highest BCUT2D eigenvalue weighted by Gasteiger charge is 1.95. The molecule has 0 spiro atoms. The van der Waals surface area contributed by atoms with Crippen LogP contribution in [-0.2, 0) is 6.42 Å². The average molecular weight is 165 g/mol. The summed E-state index contributed by atoms with van der Waals surface area (Å²) in [4.78, 5) is 2.11. The molecule has 0 aromatic heterocycles. The fourth-order valence-electron chi connectivity index (χ4n) is 1.16. The molecular formula is C10H17N2+. The van der Waals surface area contributed by atoms with Crippen LogP contribution in [0.3, 0.4) is 0 Å².